The molecule has 21 heavy (non-hydrogen) atoms. The summed E-state index contributed by atoms with van der Waals surface area (Å²) in [5.74, 6) is 0. The highest BCUT2D eigenvalue weighted by Gasteiger charge is 2.23. The minimum absolute atomic E-state index is 0.217. The first-order valence-electron chi connectivity index (χ1n) is 7.99. The molecule has 0 spiro atoms. The maximum Gasteiger partial charge on any atom is 0.108 e. The Labute approximate surface area is 130 Å². The number of aliphatic hydroxyl groups is 1. The molecule has 1 saturated heterocycles. The molecule has 0 saturated carbocycles. The van der Waals surface area contributed by atoms with Gasteiger partial charge in [-0.2, -0.15) is 0 Å². The van der Waals surface area contributed by atoms with E-state index >= 15 is 0 Å². The van der Waals surface area contributed by atoms with Gasteiger partial charge < -0.3 is 5.11 Å². The van der Waals surface area contributed by atoms with E-state index in [0.29, 0.717) is 6.04 Å². The van der Waals surface area contributed by atoms with Crippen LogP contribution in [-0.4, -0.2) is 33.7 Å². The Balaban J connectivity index is 1.76. The van der Waals surface area contributed by atoms with Gasteiger partial charge in [-0.3, -0.25) is 4.90 Å². The molecule has 0 bridgehead atoms. The highest BCUT2D eigenvalue weighted by Crippen LogP contribution is 2.26. The molecule has 1 N–H and O–H groups in total. The van der Waals surface area contributed by atoms with E-state index in [1.807, 2.05) is 13.0 Å². The Bertz CT molecular complexity index is 548. The molecule has 0 amide bonds. The minimum Gasteiger partial charge on any atom is -0.393 e. The summed E-state index contributed by atoms with van der Waals surface area (Å²) >= 11 is 1.80. The van der Waals surface area contributed by atoms with Crippen LogP contribution in [0.2, 0.25) is 0 Å². The average molecular weight is 304 g/mol. The Kier molecular flexibility index (Phi) is 4.88. The van der Waals surface area contributed by atoms with Crippen molar-refractivity contribution >= 4 is 21.6 Å². The summed E-state index contributed by atoms with van der Waals surface area (Å²) in [6, 6.07) is 8.86. The van der Waals surface area contributed by atoms with E-state index in [2.05, 4.69) is 23.1 Å². The molecule has 1 fully saturated rings. The van der Waals surface area contributed by atoms with Gasteiger partial charge in [-0.05, 0) is 44.9 Å². The number of likely N-dealkylation sites (tertiary alicyclic amines) is 1. The van der Waals surface area contributed by atoms with Crippen molar-refractivity contribution in [1.29, 1.82) is 0 Å². The monoisotopic (exact) mass is 304 g/mol. The summed E-state index contributed by atoms with van der Waals surface area (Å²) in [6.45, 7) is 3.96. The van der Waals surface area contributed by atoms with E-state index in [1.165, 1.54) is 35.4 Å². The van der Waals surface area contributed by atoms with Crippen LogP contribution in [0.5, 0.6) is 0 Å². The molecule has 0 aliphatic carbocycles. The first kappa shape index (κ1) is 14.9. The molecule has 0 radical (unpaired) electrons. The van der Waals surface area contributed by atoms with E-state index in [1.54, 1.807) is 11.3 Å². The first-order valence-corrected chi connectivity index (χ1v) is 8.80. The molecule has 1 aromatic carbocycles. The van der Waals surface area contributed by atoms with Crippen molar-refractivity contribution in [1.82, 2.24) is 9.88 Å². The van der Waals surface area contributed by atoms with E-state index in [4.69, 9.17) is 4.98 Å². The van der Waals surface area contributed by atoms with Gasteiger partial charge in [0.1, 0.15) is 5.01 Å². The molecule has 3 nitrogen and oxygen atoms in total. The van der Waals surface area contributed by atoms with Crippen LogP contribution in [-0.2, 0) is 6.54 Å². The fourth-order valence-corrected chi connectivity index (χ4v) is 4.26. The average Bonchev–Trinajstić information content (AvgIpc) is 2.74. The van der Waals surface area contributed by atoms with Crippen molar-refractivity contribution in [2.24, 2.45) is 0 Å². The zero-order valence-electron chi connectivity index (χ0n) is 12.7. The number of hydrogen-bond donors (Lipinski definition) is 1. The van der Waals surface area contributed by atoms with Gasteiger partial charge in [-0.15, -0.1) is 11.3 Å². The smallest absolute Gasteiger partial charge is 0.108 e. The summed E-state index contributed by atoms with van der Waals surface area (Å²) in [7, 11) is 0. The highest BCUT2D eigenvalue weighted by atomic mass is 32.1. The Morgan fingerprint density at radius 3 is 3.00 bits per heavy atom. The molecule has 2 unspecified atom stereocenters. The van der Waals surface area contributed by atoms with Crippen molar-refractivity contribution in [3.63, 3.8) is 0 Å². The maximum atomic E-state index is 9.75. The fourth-order valence-electron chi connectivity index (χ4n) is 3.27. The van der Waals surface area contributed by atoms with Crippen LogP contribution in [0.25, 0.3) is 10.2 Å². The van der Waals surface area contributed by atoms with Crippen molar-refractivity contribution in [2.45, 2.75) is 57.7 Å². The molecule has 2 aromatic rings. The SMILES string of the molecule is CC(O)CC1CCCCCN1Cc1nc2ccccc2s1. The number of fused-ring (bicyclic) bond motifs is 1. The molecule has 2 atom stereocenters. The summed E-state index contributed by atoms with van der Waals surface area (Å²) in [6.07, 6.45) is 5.73. The van der Waals surface area contributed by atoms with Crippen molar-refractivity contribution < 1.29 is 5.11 Å². The quantitative estimate of drug-likeness (QED) is 0.933. The van der Waals surface area contributed by atoms with Gasteiger partial charge in [0.05, 0.1) is 22.9 Å². The lowest BCUT2D eigenvalue weighted by atomic mass is 10.0. The van der Waals surface area contributed by atoms with Gasteiger partial charge in [-0.25, -0.2) is 4.98 Å². The van der Waals surface area contributed by atoms with Crippen LogP contribution in [0.1, 0.15) is 44.0 Å². The highest BCUT2D eigenvalue weighted by molar-refractivity contribution is 7.18. The summed E-state index contributed by atoms with van der Waals surface area (Å²) in [5.41, 5.74) is 1.11. The third-order valence-corrected chi connectivity index (χ3v) is 5.31. The predicted octanol–water partition coefficient (Wildman–Crippen LogP) is 3.81. The Morgan fingerprint density at radius 2 is 2.19 bits per heavy atom. The third-order valence-electron chi connectivity index (χ3n) is 4.29. The minimum atomic E-state index is -0.217. The van der Waals surface area contributed by atoms with Gasteiger partial charge in [0.25, 0.3) is 0 Å². The van der Waals surface area contributed by atoms with Gasteiger partial charge in [-0.1, -0.05) is 25.0 Å². The normalized spacial score (nSPS) is 22.3. The molecule has 2 heterocycles. The fraction of sp³-hybridized carbons (Fsp3) is 0.588. The molecular weight excluding hydrogens is 280 g/mol. The number of thiazole rings is 1. The topological polar surface area (TPSA) is 36.4 Å². The molecule has 1 aliphatic rings. The van der Waals surface area contributed by atoms with E-state index < -0.39 is 0 Å². The molecule has 4 heteroatoms. The molecule has 1 aliphatic heterocycles. The largest absolute Gasteiger partial charge is 0.393 e. The number of para-hydroxylation sites is 1. The van der Waals surface area contributed by atoms with E-state index in [0.717, 1.165) is 25.0 Å². The zero-order chi connectivity index (χ0) is 14.7. The van der Waals surface area contributed by atoms with Gasteiger partial charge >= 0.3 is 0 Å². The predicted molar refractivity (Wildman–Crippen MR) is 88.6 cm³/mol. The lowest BCUT2D eigenvalue weighted by molar-refractivity contribution is 0.108. The lowest BCUT2D eigenvalue weighted by Gasteiger charge is -2.30. The van der Waals surface area contributed by atoms with Crippen LogP contribution in [0.4, 0.5) is 0 Å². The van der Waals surface area contributed by atoms with Crippen LogP contribution < -0.4 is 0 Å². The van der Waals surface area contributed by atoms with Crippen molar-refractivity contribution in [3.8, 4) is 0 Å². The number of aromatic nitrogens is 1. The Hall–Kier alpha value is -0.970. The summed E-state index contributed by atoms with van der Waals surface area (Å²) < 4.78 is 1.27. The standard InChI is InChI=1S/C17H24N2OS/c1-13(20)11-14-7-3-2-6-10-19(14)12-17-18-15-8-4-5-9-16(15)21-17/h4-5,8-9,13-14,20H,2-3,6-7,10-12H2,1H3. The van der Waals surface area contributed by atoms with Gasteiger partial charge in [0.15, 0.2) is 0 Å². The number of aliphatic hydroxyl groups excluding tert-OH is 1. The summed E-state index contributed by atoms with van der Waals surface area (Å²) in [5, 5.41) is 11.0. The third kappa shape index (κ3) is 3.82. The molecule has 1 aromatic heterocycles. The van der Waals surface area contributed by atoms with E-state index in [9.17, 15) is 5.11 Å². The number of hydrogen-bond acceptors (Lipinski definition) is 4. The van der Waals surface area contributed by atoms with Crippen LogP contribution >= 0.6 is 11.3 Å². The van der Waals surface area contributed by atoms with Gasteiger partial charge in [0.2, 0.25) is 0 Å². The first-order chi connectivity index (χ1) is 10.2. The second-order valence-electron chi connectivity index (χ2n) is 6.13. The molecular formula is C17H24N2OS. The van der Waals surface area contributed by atoms with Crippen LogP contribution in [0.15, 0.2) is 24.3 Å². The zero-order valence-corrected chi connectivity index (χ0v) is 13.5. The van der Waals surface area contributed by atoms with Crippen LogP contribution in [0, 0.1) is 0 Å². The van der Waals surface area contributed by atoms with Crippen molar-refractivity contribution in [3.05, 3.63) is 29.3 Å². The van der Waals surface area contributed by atoms with Crippen molar-refractivity contribution in [2.75, 3.05) is 6.54 Å². The maximum absolute atomic E-state index is 9.75. The number of benzene rings is 1. The number of rotatable bonds is 4. The Morgan fingerprint density at radius 1 is 1.33 bits per heavy atom. The van der Waals surface area contributed by atoms with Crippen LogP contribution in [0.3, 0.4) is 0 Å². The lowest BCUT2D eigenvalue weighted by Crippen LogP contribution is -2.36. The second-order valence-corrected chi connectivity index (χ2v) is 7.25. The van der Waals surface area contributed by atoms with Gasteiger partial charge in [0, 0.05) is 6.04 Å². The molecule has 3 rings (SSSR count). The summed E-state index contributed by atoms with van der Waals surface area (Å²) in [4.78, 5) is 7.30. The molecule has 114 valence electrons. The number of nitrogens with zero attached hydrogens (tertiary/aromatic N) is 2. The van der Waals surface area contributed by atoms with E-state index in [-0.39, 0.29) is 6.10 Å². The second kappa shape index (κ2) is 6.86.